The molecular weight excluding hydrogens is 380 g/mol. The lowest BCUT2D eigenvalue weighted by atomic mass is 10.1. The number of aromatic nitrogens is 5. The number of pyridine rings is 1. The van der Waals surface area contributed by atoms with Crippen molar-refractivity contribution in [3.8, 4) is 5.75 Å². The van der Waals surface area contributed by atoms with Crippen LogP contribution in [-0.4, -0.2) is 48.7 Å². The maximum absolute atomic E-state index is 11.5. The van der Waals surface area contributed by atoms with Gasteiger partial charge in [0.05, 0.1) is 30.4 Å². The summed E-state index contributed by atoms with van der Waals surface area (Å²) in [7, 11) is 1.63. The highest BCUT2D eigenvalue weighted by atomic mass is 32.2. The van der Waals surface area contributed by atoms with Gasteiger partial charge in [0, 0.05) is 28.6 Å². The van der Waals surface area contributed by atoms with Crippen LogP contribution in [-0.2, 0) is 11.3 Å². The van der Waals surface area contributed by atoms with E-state index < -0.39 is 5.97 Å². The third-order valence-corrected chi connectivity index (χ3v) is 5.63. The van der Waals surface area contributed by atoms with Gasteiger partial charge >= 0.3 is 5.97 Å². The SMILES string of the molecule is COc1c(C)cnc(Cn2nc3c4c(nc(N)nc42)SCC(C(=O)O)=C3)c1C. The number of aryl methyl sites for hydroxylation is 1. The number of carboxylic acid groups (broad SMARTS) is 1. The van der Waals surface area contributed by atoms with Gasteiger partial charge in [-0.25, -0.2) is 14.5 Å². The van der Waals surface area contributed by atoms with Crippen LogP contribution in [0.2, 0.25) is 0 Å². The van der Waals surface area contributed by atoms with E-state index in [9.17, 15) is 9.90 Å². The Morgan fingerprint density at radius 3 is 2.89 bits per heavy atom. The largest absolute Gasteiger partial charge is 0.496 e. The van der Waals surface area contributed by atoms with Crippen molar-refractivity contribution in [2.24, 2.45) is 0 Å². The quantitative estimate of drug-likeness (QED) is 0.634. The summed E-state index contributed by atoms with van der Waals surface area (Å²) in [5.41, 5.74) is 9.85. The van der Waals surface area contributed by atoms with E-state index in [1.165, 1.54) is 11.8 Å². The predicted molar refractivity (Wildman–Crippen MR) is 105 cm³/mol. The number of aliphatic carboxylic acids is 1. The Balaban J connectivity index is 1.89. The molecular formula is C18H18N6O3S. The molecule has 0 fully saturated rings. The summed E-state index contributed by atoms with van der Waals surface area (Å²) in [5.74, 6) is 0.200. The van der Waals surface area contributed by atoms with Crippen LogP contribution in [0, 0.1) is 13.8 Å². The number of nitrogens with zero attached hydrogens (tertiary/aromatic N) is 5. The van der Waals surface area contributed by atoms with Gasteiger partial charge in [-0.15, -0.1) is 11.8 Å². The van der Waals surface area contributed by atoms with Gasteiger partial charge in [0.25, 0.3) is 0 Å². The van der Waals surface area contributed by atoms with Crippen molar-refractivity contribution >= 4 is 40.8 Å². The van der Waals surface area contributed by atoms with Crippen LogP contribution in [0.1, 0.15) is 22.5 Å². The van der Waals surface area contributed by atoms with Crippen LogP contribution < -0.4 is 10.5 Å². The van der Waals surface area contributed by atoms with Crippen molar-refractivity contribution in [2.45, 2.75) is 25.4 Å². The monoisotopic (exact) mass is 398 g/mol. The zero-order chi connectivity index (χ0) is 20.0. The van der Waals surface area contributed by atoms with Crippen molar-refractivity contribution in [3.05, 3.63) is 34.3 Å². The number of thioether (sulfide) groups is 1. The number of ether oxygens (including phenoxy) is 1. The molecule has 144 valence electrons. The lowest BCUT2D eigenvalue weighted by molar-refractivity contribution is -0.132. The van der Waals surface area contributed by atoms with Gasteiger partial charge < -0.3 is 15.6 Å². The fourth-order valence-electron chi connectivity index (χ4n) is 3.25. The second-order valence-electron chi connectivity index (χ2n) is 6.44. The highest BCUT2D eigenvalue weighted by Crippen LogP contribution is 2.35. The zero-order valence-corrected chi connectivity index (χ0v) is 16.4. The Bertz CT molecular complexity index is 1150. The van der Waals surface area contributed by atoms with Gasteiger partial charge in [-0.05, 0) is 19.9 Å². The van der Waals surface area contributed by atoms with Gasteiger partial charge in [-0.3, -0.25) is 4.98 Å². The summed E-state index contributed by atoms with van der Waals surface area (Å²) in [6, 6.07) is 0. The molecule has 1 aliphatic heterocycles. The summed E-state index contributed by atoms with van der Waals surface area (Å²) in [6.07, 6.45) is 3.32. The molecule has 28 heavy (non-hydrogen) atoms. The smallest absolute Gasteiger partial charge is 0.332 e. The fourth-order valence-corrected chi connectivity index (χ4v) is 4.24. The molecule has 0 saturated carbocycles. The normalized spacial score (nSPS) is 13.3. The third kappa shape index (κ3) is 2.95. The standard InChI is InChI=1S/C18H18N6O3S/c1-8-5-20-12(9(2)14(8)27-3)6-24-15-13-11(23-24)4-10(17(25)26)7-28-16(13)22-18(19)21-15/h4-5H,6-7H2,1-3H3,(H,25,26)(H2,19,21,22). The average molecular weight is 398 g/mol. The highest BCUT2D eigenvalue weighted by molar-refractivity contribution is 7.99. The van der Waals surface area contributed by atoms with Gasteiger partial charge in [-0.2, -0.15) is 10.1 Å². The van der Waals surface area contributed by atoms with Crippen LogP contribution in [0.5, 0.6) is 5.75 Å². The molecule has 1 aliphatic rings. The molecule has 0 amide bonds. The second kappa shape index (κ2) is 6.79. The van der Waals surface area contributed by atoms with Gasteiger partial charge in [0.15, 0.2) is 5.65 Å². The molecule has 3 N–H and O–H groups in total. The second-order valence-corrected chi connectivity index (χ2v) is 7.40. The first-order valence-corrected chi connectivity index (χ1v) is 9.47. The minimum absolute atomic E-state index is 0.118. The van der Waals surface area contributed by atoms with Gasteiger partial charge in [-0.1, -0.05) is 0 Å². The molecule has 3 aromatic rings. The number of hydrogen-bond acceptors (Lipinski definition) is 8. The maximum Gasteiger partial charge on any atom is 0.332 e. The molecule has 0 atom stereocenters. The van der Waals surface area contributed by atoms with E-state index in [1.54, 1.807) is 24.1 Å². The van der Waals surface area contributed by atoms with Gasteiger partial charge in [0.1, 0.15) is 10.8 Å². The first-order chi connectivity index (χ1) is 13.4. The van der Waals surface area contributed by atoms with Crippen LogP contribution in [0.15, 0.2) is 16.8 Å². The van der Waals surface area contributed by atoms with E-state index >= 15 is 0 Å². The zero-order valence-electron chi connectivity index (χ0n) is 15.6. The van der Waals surface area contributed by atoms with Crippen molar-refractivity contribution in [3.63, 3.8) is 0 Å². The third-order valence-electron chi connectivity index (χ3n) is 4.60. The molecule has 9 nitrogen and oxygen atoms in total. The molecule has 4 heterocycles. The summed E-state index contributed by atoms with van der Waals surface area (Å²) >= 11 is 1.31. The van der Waals surface area contributed by atoms with E-state index in [0.717, 1.165) is 22.6 Å². The Morgan fingerprint density at radius 2 is 2.18 bits per heavy atom. The molecule has 3 aromatic heterocycles. The number of rotatable bonds is 4. The lowest BCUT2D eigenvalue weighted by Crippen LogP contribution is -2.09. The van der Waals surface area contributed by atoms with Crippen LogP contribution in [0.4, 0.5) is 5.95 Å². The molecule has 0 aromatic carbocycles. The van der Waals surface area contributed by atoms with Crippen LogP contribution in [0.3, 0.4) is 0 Å². The molecule has 0 spiro atoms. The first-order valence-electron chi connectivity index (χ1n) is 8.48. The molecule has 0 saturated heterocycles. The van der Waals surface area contributed by atoms with Crippen molar-refractivity contribution < 1.29 is 14.6 Å². The Kier molecular flexibility index (Phi) is 4.42. The summed E-state index contributed by atoms with van der Waals surface area (Å²) in [4.78, 5) is 24.6. The number of methoxy groups -OCH3 is 1. The average Bonchev–Trinajstić information content (AvgIpc) is 2.86. The molecule has 0 bridgehead atoms. The lowest BCUT2D eigenvalue weighted by Gasteiger charge is -2.12. The van der Waals surface area contributed by atoms with Crippen molar-refractivity contribution in [2.75, 3.05) is 18.6 Å². The van der Waals surface area contributed by atoms with Crippen molar-refractivity contribution in [1.82, 2.24) is 24.7 Å². The van der Waals surface area contributed by atoms with E-state index in [-0.39, 0.29) is 17.3 Å². The number of nitrogens with two attached hydrogens (primary N) is 1. The van der Waals surface area contributed by atoms with Gasteiger partial charge in [0.2, 0.25) is 5.95 Å². The van der Waals surface area contributed by atoms with E-state index in [4.69, 9.17) is 10.5 Å². The molecule has 10 heteroatoms. The van der Waals surface area contributed by atoms with E-state index in [2.05, 4.69) is 20.1 Å². The summed E-state index contributed by atoms with van der Waals surface area (Å²) in [6.45, 7) is 4.22. The molecule has 0 unspecified atom stereocenters. The number of carbonyl (C=O) groups is 1. The van der Waals surface area contributed by atoms with E-state index in [1.807, 2.05) is 13.8 Å². The topological polar surface area (TPSA) is 129 Å². The highest BCUT2D eigenvalue weighted by Gasteiger charge is 2.23. The number of hydrogen-bond donors (Lipinski definition) is 2. The first kappa shape index (κ1) is 18.2. The Labute approximate surface area is 164 Å². The fraction of sp³-hybridized carbons (Fsp3) is 0.278. The predicted octanol–water partition coefficient (Wildman–Crippen LogP) is 2.05. The van der Waals surface area contributed by atoms with Crippen molar-refractivity contribution in [1.29, 1.82) is 0 Å². The Hall–Kier alpha value is -3.14. The summed E-state index contributed by atoms with van der Waals surface area (Å²) < 4.78 is 7.16. The number of anilines is 1. The maximum atomic E-state index is 11.5. The minimum atomic E-state index is -0.982. The van der Waals surface area contributed by atoms with E-state index in [0.29, 0.717) is 28.3 Å². The molecule has 0 aliphatic carbocycles. The summed E-state index contributed by atoms with van der Waals surface area (Å²) in [5, 5.41) is 15.3. The molecule has 0 radical (unpaired) electrons. The van der Waals surface area contributed by atoms with Crippen LogP contribution in [0.25, 0.3) is 17.1 Å². The molecule has 4 rings (SSSR count). The van der Waals surface area contributed by atoms with Crippen LogP contribution >= 0.6 is 11.8 Å². The Morgan fingerprint density at radius 1 is 1.39 bits per heavy atom. The number of nitrogen functional groups attached to an aromatic ring is 1. The number of carboxylic acids is 1. The minimum Gasteiger partial charge on any atom is -0.496 e.